The molecule has 0 amide bonds. The third kappa shape index (κ3) is 2.18. The van der Waals surface area contributed by atoms with Crippen LogP contribution >= 0.6 is 0 Å². The standard InChI is InChI=1S/C10H15NO2/c1-7(2)9-4-8(6-12)5-11-10(9)13-3/h4-5,7,12H,6H2,1-3H3. The van der Waals surface area contributed by atoms with Crippen LogP contribution in [0.5, 0.6) is 5.88 Å². The number of ether oxygens (including phenoxy) is 1. The molecule has 1 aromatic heterocycles. The molecule has 0 bridgehead atoms. The smallest absolute Gasteiger partial charge is 0.216 e. The highest BCUT2D eigenvalue weighted by molar-refractivity contribution is 5.32. The first kappa shape index (κ1) is 9.99. The normalized spacial score (nSPS) is 10.5. The molecule has 13 heavy (non-hydrogen) atoms. The molecule has 1 N–H and O–H groups in total. The van der Waals surface area contributed by atoms with Gasteiger partial charge in [0.05, 0.1) is 13.7 Å². The summed E-state index contributed by atoms with van der Waals surface area (Å²) < 4.78 is 5.11. The monoisotopic (exact) mass is 181 g/mol. The van der Waals surface area contributed by atoms with Crippen molar-refractivity contribution >= 4 is 0 Å². The van der Waals surface area contributed by atoms with E-state index in [1.807, 2.05) is 6.07 Å². The largest absolute Gasteiger partial charge is 0.481 e. The summed E-state index contributed by atoms with van der Waals surface area (Å²) in [4.78, 5) is 4.11. The van der Waals surface area contributed by atoms with E-state index >= 15 is 0 Å². The van der Waals surface area contributed by atoms with Gasteiger partial charge in [-0.15, -0.1) is 0 Å². The van der Waals surface area contributed by atoms with Crippen LogP contribution in [0.15, 0.2) is 12.3 Å². The van der Waals surface area contributed by atoms with Crippen molar-refractivity contribution < 1.29 is 9.84 Å². The molecule has 0 unspecified atom stereocenters. The van der Waals surface area contributed by atoms with Gasteiger partial charge < -0.3 is 9.84 Å². The Morgan fingerprint density at radius 1 is 1.54 bits per heavy atom. The summed E-state index contributed by atoms with van der Waals surface area (Å²) in [6, 6.07) is 1.93. The number of aliphatic hydroxyl groups is 1. The van der Waals surface area contributed by atoms with E-state index in [1.54, 1.807) is 13.3 Å². The number of pyridine rings is 1. The minimum absolute atomic E-state index is 0.0245. The number of nitrogens with zero attached hydrogens (tertiary/aromatic N) is 1. The summed E-state index contributed by atoms with van der Waals surface area (Å²) in [5, 5.41) is 8.93. The predicted molar refractivity (Wildman–Crippen MR) is 50.8 cm³/mol. The van der Waals surface area contributed by atoms with Crippen LogP contribution < -0.4 is 4.74 Å². The maximum Gasteiger partial charge on any atom is 0.216 e. The molecule has 0 aliphatic heterocycles. The second-order valence-corrected chi connectivity index (χ2v) is 3.25. The van der Waals surface area contributed by atoms with Crippen LogP contribution in [0.1, 0.15) is 30.9 Å². The fraction of sp³-hybridized carbons (Fsp3) is 0.500. The molecule has 0 fully saturated rings. The molecule has 0 aliphatic rings. The predicted octanol–water partition coefficient (Wildman–Crippen LogP) is 1.71. The molecule has 1 heterocycles. The summed E-state index contributed by atoms with van der Waals surface area (Å²) >= 11 is 0. The van der Waals surface area contributed by atoms with E-state index in [0.29, 0.717) is 11.8 Å². The van der Waals surface area contributed by atoms with Gasteiger partial charge >= 0.3 is 0 Å². The van der Waals surface area contributed by atoms with Crippen LogP contribution in [0.2, 0.25) is 0 Å². The quantitative estimate of drug-likeness (QED) is 0.771. The Balaban J connectivity index is 3.10. The molecule has 0 saturated heterocycles. The molecular formula is C10H15NO2. The Morgan fingerprint density at radius 2 is 2.23 bits per heavy atom. The lowest BCUT2D eigenvalue weighted by molar-refractivity contribution is 0.280. The van der Waals surface area contributed by atoms with Gasteiger partial charge in [0.1, 0.15) is 0 Å². The van der Waals surface area contributed by atoms with Gasteiger partial charge in [0.2, 0.25) is 5.88 Å². The first-order valence-electron chi connectivity index (χ1n) is 4.32. The zero-order chi connectivity index (χ0) is 9.84. The molecule has 0 aliphatic carbocycles. The van der Waals surface area contributed by atoms with Gasteiger partial charge in [0.25, 0.3) is 0 Å². The molecule has 0 saturated carbocycles. The summed E-state index contributed by atoms with van der Waals surface area (Å²) in [7, 11) is 1.60. The van der Waals surface area contributed by atoms with Gasteiger partial charge in [-0.3, -0.25) is 0 Å². The fourth-order valence-electron chi connectivity index (χ4n) is 1.19. The zero-order valence-corrected chi connectivity index (χ0v) is 8.24. The third-order valence-corrected chi connectivity index (χ3v) is 1.93. The highest BCUT2D eigenvalue weighted by Gasteiger charge is 2.08. The topological polar surface area (TPSA) is 42.4 Å². The van der Waals surface area contributed by atoms with Crippen LogP contribution in [0.4, 0.5) is 0 Å². The molecule has 1 aromatic rings. The molecular weight excluding hydrogens is 166 g/mol. The Bertz CT molecular complexity index is 284. The number of aliphatic hydroxyl groups excluding tert-OH is 1. The lowest BCUT2D eigenvalue weighted by atomic mass is 10.0. The van der Waals surface area contributed by atoms with Gasteiger partial charge in [0.15, 0.2) is 0 Å². The van der Waals surface area contributed by atoms with Gasteiger partial charge in [0, 0.05) is 11.8 Å². The molecule has 3 heteroatoms. The van der Waals surface area contributed by atoms with Crippen molar-refractivity contribution in [3.63, 3.8) is 0 Å². The highest BCUT2D eigenvalue weighted by atomic mass is 16.5. The van der Waals surface area contributed by atoms with Crippen LogP contribution in [0.25, 0.3) is 0 Å². The Kier molecular flexibility index (Phi) is 3.25. The number of hydrogen-bond acceptors (Lipinski definition) is 3. The lowest BCUT2D eigenvalue weighted by Crippen LogP contribution is -1.99. The maximum atomic E-state index is 8.93. The number of methoxy groups -OCH3 is 1. The van der Waals surface area contributed by atoms with Crippen LogP contribution in [0.3, 0.4) is 0 Å². The molecule has 3 nitrogen and oxygen atoms in total. The molecule has 0 aromatic carbocycles. The second kappa shape index (κ2) is 4.23. The van der Waals surface area contributed by atoms with Crippen molar-refractivity contribution in [2.75, 3.05) is 7.11 Å². The molecule has 1 rings (SSSR count). The van der Waals surface area contributed by atoms with Crippen molar-refractivity contribution in [3.05, 3.63) is 23.4 Å². The number of rotatable bonds is 3. The lowest BCUT2D eigenvalue weighted by Gasteiger charge is -2.11. The first-order valence-corrected chi connectivity index (χ1v) is 4.32. The second-order valence-electron chi connectivity index (χ2n) is 3.25. The van der Waals surface area contributed by atoms with Crippen molar-refractivity contribution in [1.82, 2.24) is 4.98 Å². The average Bonchev–Trinajstić information content (AvgIpc) is 2.16. The van der Waals surface area contributed by atoms with E-state index in [1.165, 1.54) is 0 Å². The van der Waals surface area contributed by atoms with Crippen LogP contribution in [0, 0.1) is 0 Å². The van der Waals surface area contributed by atoms with E-state index in [4.69, 9.17) is 9.84 Å². The SMILES string of the molecule is COc1ncc(CO)cc1C(C)C. The van der Waals surface area contributed by atoms with Gasteiger partial charge in [-0.2, -0.15) is 0 Å². The Morgan fingerprint density at radius 3 is 2.69 bits per heavy atom. The number of hydrogen-bond donors (Lipinski definition) is 1. The molecule has 0 spiro atoms. The molecule has 0 atom stereocenters. The summed E-state index contributed by atoms with van der Waals surface area (Å²) in [6.45, 7) is 4.16. The van der Waals surface area contributed by atoms with E-state index in [2.05, 4.69) is 18.8 Å². The first-order chi connectivity index (χ1) is 6.19. The highest BCUT2D eigenvalue weighted by Crippen LogP contribution is 2.24. The summed E-state index contributed by atoms with van der Waals surface area (Å²) in [6.07, 6.45) is 1.63. The van der Waals surface area contributed by atoms with Crippen LogP contribution in [-0.4, -0.2) is 17.2 Å². The number of aromatic nitrogens is 1. The van der Waals surface area contributed by atoms with Crippen molar-refractivity contribution in [1.29, 1.82) is 0 Å². The van der Waals surface area contributed by atoms with E-state index in [-0.39, 0.29) is 6.61 Å². The summed E-state index contributed by atoms with van der Waals surface area (Å²) in [5.74, 6) is 1.00. The Hall–Kier alpha value is -1.09. The van der Waals surface area contributed by atoms with Crippen molar-refractivity contribution in [2.45, 2.75) is 26.4 Å². The average molecular weight is 181 g/mol. The van der Waals surface area contributed by atoms with Crippen LogP contribution in [-0.2, 0) is 6.61 Å². The van der Waals surface area contributed by atoms with Gasteiger partial charge in [-0.25, -0.2) is 4.98 Å². The molecule has 0 radical (unpaired) electrons. The van der Waals surface area contributed by atoms with Crippen molar-refractivity contribution in [2.24, 2.45) is 0 Å². The van der Waals surface area contributed by atoms with Gasteiger partial charge in [-0.05, 0) is 17.5 Å². The van der Waals surface area contributed by atoms with Crippen molar-refractivity contribution in [3.8, 4) is 5.88 Å². The zero-order valence-electron chi connectivity index (χ0n) is 8.24. The van der Waals surface area contributed by atoms with E-state index in [0.717, 1.165) is 11.1 Å². The van der Waals surface area contributed by atoms with E-state index in [9.17, 15) is 0 Å². The molecule has 72 valence electrons. The fourth-order valence-corrected chi connectivity index (χ4v) is 1.19. The maximum absolute atomic E-state index is 8.93. The van der Waals surface area contributed by atoms with Gasteiger partial charge in [-0.1, -0.05) is 13.8 Å². The minimum Gasteiger partial charge on any atom is -0.481 e. The third-order valence-electron chi connectivity index (χ3n) is 1.93. The minimum atomic E-state index is 0.0245. The summed E-state index contributed by atoms with van der Waals surface area (Å²) in [5.41, 5.74) is 1.86. The van der Waals surface area contributed by atoms with E-state index < -0.39 is 0 Å². The Labute approximate surface area is 78.4 Å².